The lowest BCUT2D eigenvalue weighted by Crippen LogP contribution is -2.44. The molecular weight excluding hydrogens is 296 g/mol. The first-order valence-corrected chi connectivity index (χ1v) is 7.83. The highest BCUT2D eigenvalue weighted by Gasteiger charge is 2.39. The zero-order valence-electron chi connectivity index (χ0n) is 13.1. The number of hydrogen-bond acceptors (Lipinski definition) is 4. The number of fused-ring (bicyclic) bond motifs is 1. The molecule has 1 heterocycles. The Bertz CT molecular complexity index is 747. The molecule has 1 aliphatic carbocycles. The van der Waals surface area contributed by atoms with Crippen molar-refractivity contribution in [3.05, 3.63) is 23.8 Å². The van der Waals surface area contributed by atoms with Crippen molar-refractivity contribution < 1.29 is 14.7 Å². The van der Waals surface area contributed by atoms with Gasteiger partial charge in [-0.3, -0.25) is 9.59 Å². The van der Waals surface area contributed by atoms with Gasteiger partial charge in [0.05, 0.1) is 10.9 Å². The van der Waals surface area contributed by atoms with Gasteiger partial charge in [0, 0.05) is 19.2 Å². The van der Waals surface area contributed by atoms with Crippen LogP contribution >= 0.6 is 0 Å². The third kappa shape index (κ3) is 2.91. The summed E-state index contributed by atoms with van der Waals surface area (Å²) < 4.78 is 1.64. The first kappa shape index (κ1) is 15.5. The lowest BCUT2D eigenvalue weighted by Gasteiger charge is -2.33. The molecule has 1 aliphatic rings. The fourth-order valence-corrected chi connectivity index (χ4v) is 3.23. The number of carboxylic acids is 1. The van der Waals surface area contributed by atoms with E-state index in [1.807, 2.05) is 0 Å². The Balaban J connectivity index is 1.73. The third-order valence-corrected chi connectivity index (χ3v) is 4.72. The summed E-state index contributed by atoms with van der Waals surface area (Å²) in [6.45, 7) is 0.166. The molecule has 1 fully saturated rings. The standard InChI is InChI=1S/C16H20N4O3/c1-20-13-6-5-11(9-12(13)18-19-20)14(21)17-10-16(15(22)23)7-3-2-4-8-16/h5-6,9H,2-4,7-8,10H2,1H3,(H,17,21)(H,22,23). The Morgan fingerprint density at radius 2 is 2.04 bits per heavy atom. The van der Waals surface area contributed by atoms with Crippen LogP contribution < -0.4 is 5.32 Å². The van der Waals surface area contributed by atoms with E-state index in [4.69, 9.17) is 0 Å². The first-order valence-electron chi connectivity index (χ1n) is 7.83. The van der Waals surface area contributed by atoms with Crippen LogP contribution in [0.25, 0.3) is 11.0 Å². The number of carbonyl (C=O) groups excluding carboxylic acids is 1. The van der Waals surface area contributed by atoms with E-state index >= 15 is 0 Å². The molecule has 0 radical (unpaired) electrons. The molecule has 0 aliphatic heterocycles. The molecule has 23 heavy (non-hydrogen) atoms. The van der Waals surface area contributed by atoms with E-state index in [0.29, 0.717) is 23.9 Å². The maximum Gasteiger partial charge on any atom is 0.311 e. The van der Waals surface area contributed by atoms with E-state index in [2.05, 4.69) is 15.6 Å². The van der Waals surface area contributed by atoms with Crippen molar-refractivity contribution in [3.8, 4) is 0 Å². The number of rotatable bonds is 4. The number of aromatic nitrogens is 3. The van der Waals surface area contributed by atoms with Crippen LogP contribution in [-0.4, -0.2) is 38.5 Å². The smallest absolute Gasteiger partial charge is 0.311 e. The monoisotopic (exact) mass is 316 g/mol. The molecule has 3 rings (SSSR count). The Hall–Kier alpha value is -2.44. The number of carbonyl (C=O) groups is 2. The molecule has 0 atom stereocenters. The van der Waals surface area contributed by atoms with Crippen molar-refractivity contribution in [1.29, 1.82) is 0 Å². The van der Waals surface area contributed by atoms with E-state index < -0.39 is 11.4 Å². The minimum atomic E-state index is -0.829. The molecule has 0 spiro atoms. The predicted molar refractivity (Wildman–Crippen MR) is 84.0 cm³/mol. The number of hydrogen-bond donors (Lipinski definition) is 2. The number of aliphatic carboxylic acids is 1. The summed E-state index contributed by atoms with van der Waals surface area (Å²) in [5, 5.41) is 20.2. The fourth-order valence-electron chi connectivity index (χ4n) is 3.23. The zero-order valence-corrected chi connectivity index (χ0v) is 13.1. The first-order chi connectivity index (χ1) is 11.0. The topological polar surface area (TPSA) is 97.1 Å². The molecular formula is C16H20N4O3. The van der Waals surface area contributed by atoms with Crippen molar-refractivity contribution in [2.24, 2.45) is 12.5 Å². The van der Waals surface area contributed by atoms with Crippen LogP contribution in [0.5, 0.6) is 0 Å². The summed E-state index contributed by atoms with van der Waals surface area (Å²) in [4.78, 5) is 24.0. The van der Waals surface area contributed by atoms with Gasteiger partial charge in [-0.2, -0.15) is 0 Å². The minimum absolute atomic E-state index is 0.166. The third-order valence-electron chi connectivity index (χ3n) is 4.72. The summed E-state index contributed by atoms with van der Waals surface area (Å²) in [7, 11) is 1.79. The van der Waals surface area contributed by atoms with Crippen molar-refractivity contribution in [2.75, 3.05) is 6.54 Å². The van der Waals surface area contributed by atoms with Crippen molar-refractivity contribution in [3.63, 3.8) is 0 Å². The molecule has 1 aromatic heterocycles. The summed E-state index contributed by atoms with van der Waals surface area (Å²) in [6.07, 6.45) is 4.09. The van der Waals surface area contributed by atoms with Crippen LogP contribution in [0.3, 0.4) is 0 Å². The summed E-state index contributed by atoms with van der Waals surface area (Å²) in [6, 6.07) is 5.17. The number of aryl methyl sites for hydroxylation is 1. The zero-order chi connectivity index (χ0) is 16.4. The molecule has 7 nitrogen and oxygen atoms in total. The second kappa shape index (κ2) is 5.98. The second-order valence-corrected chi connectivity index (χ2v) is 6.25. The van der Waals surface area contributed by atoms with Crippen LogP contribution in [0.1, 0.15) is 42.5 Å². The van der Waals surface area contributed by atoms with Crippen molar-refractivity contribution in [1.82, 2.24) is 20.3 Å². The molecule has 2 N–H and O–H groups in total. The van der Waals surface area contributed by atoms with Crippen LogP contribution in [0.2, 0.25) is 0 Å². The van der Waals surface area contributed by atoms with Gasteiger partial charge < -0.3 is 10.4 Å². The molecule has 1 saturated carbocycles. The second-order valence-electron chi connectivity index (χ2n) is 6.25. The van der Waals surface area contributed by atoms with Crippen molar-refractivity contribution in [2.45, 2.75) is 32.1 Å². The Morgan fingerprint density at radius 3 is 2.74 bits per heavy atom. The highest BCUT2D eigenvalue weighted by molar-refractivity contribution is 5.97. The van der Waals surface area contributed by atoms with E-state index in [0.717, 1.165) is 24.8 Å². The summed E-state index contributed by atoms with van der Waals surface area (Å²) in [5.41, 5.74) is 1.13. The largest absolute Gasteiger partial charge is 0.481 e. The highest BCUT2D eigenvalue weighted by Crippen LogP contribution is 2.36. The molecule has 0 saturated heterocycles. The van der Waals surface area contributed by atoms with Crippen LogP contribution in [0.15, 0.2) is 18.2 Å². The number of nitrogens with one attached hydrogen (secondary N) is 1. The molecule has 1 amide bonds. The van der Waals surface area contributed by atoms with E-state index in [-0.39, 0.29) is 12.5 Å². The fraction of sp³-hybridized carbons (Fsp3) is 0.500. The predicted octanol–water partition coefficient (Wildman–Crippen LogP) is 1.73. The van der Waals surface area contributed by atoms with Gasteiger partial charge in [0.2, 0.25) is 0 Å². The van der Waals surface area contributed by atoms with Gasteiger partial charge in [-0.25, -0.2) is 4.68 Å². The minimum Gasteiger partial charge on any atom is -0.481 e. The Kier molecular flexibility index (Phi) is 4.02. The maximum absolute atomic E-state index is 12.3. The molecule has 1 aromatic carbocycles. The van der Waals surface area contributed by atoms with Gasteiger partial charge in [0.15, 0.2) is 0 Å². The van der Waals surface area contributed by atoms with Gasteiger partial charge in [-0.15, -0.1) is 5.10 Å². The van der Waals surface area contributed by atoms with E-state index in [9.17, 15) is 14.7 Å². The van der Waals surface area contributed by atoms with Crippen LogP contribution in [-0.2, 0) is 11.8 Å². The quantitative estimate of drug-likeness (QED) is 0.895. The number of carboxylic acid groups (broad SMARTS) is 1. The van der Waals surface area contributed by atoms with Gasteiger partial charge in [-0.05, 0) is 31.0 Å². The Morgan fingerprint density at radius 1 is 1.30 bits per heavy atom. The van der Waals surface area contributed by atoms with E-state index in [1.54, 1.807) is 29.9 Å². The summed E-state index contributed by atoms with van der Waals surface area (Å²) in [5.74, 6) is -1.09. The van der Waals surface area contributed by atoms with Crippen LogP contribution in [0.4, 0.5) is 0 Å². The van der Waals surface area contributed by atoms with Crippen molar-refractivity contribution >= 4 is 22.9 Å². The SMILES string of the molecule is Cn1nnc2cc(C(=O)NCC3(C(=O)O)CCCCC3)ccc21. The molecule has 122 valence electrons. The highest BCUT2D eigenvalue weighted by atomic mass is 16.4. The number of nitrogens with zero attached hydrogens (tertiary/aromatic N) is 3. The molecule has 7 heteroatoms. The van der Waals surface area contributed by atoms with Gasteiger partial charge >= 0.3 is 5.97 Å². The average Bonchev–Trinajstić information content (AvgIpc) is 2.94. The lowest BCUT2D eigenvalue weighted by atomic mass is 9.74. The molecule has 0 unspecified atom stereocenters. The van der Waals surface area contributed by atoms with E-state index in [1.165, 1.54) is 0 Å². The normalized spacial score (nSPS) is 17.1. The molecule has 0 bridgehead atoms. The average molecular weight is 316 g/mol. The summed E-state index contributed by atoms with van der Waals surface area (Å²) >= 11 is 0. The number of benzene rings is 1. The van der Waals surface area contributed by atoms with Crippen LogP contribution in [0, 0.1) is 5.41 Å². The van der Waals surface area contributed by atoms with Gasteiger partial charge in [0.25, 0.3) is 5.91 Å². The lowest BCUT2D eigenvalue weighted by molar-refractivity contribution is -0.150. The molecule has 2 aromatic rings. The Labute approximate surface area is 133 Å². The van der Waals surface area contributed by atoms with Gasteiger partial charge in [0.1, 0.15) is 5.52 Å². The van der Waals surface area contributed by atoms with Gasteiger partial charge in [-0.1, -0.05) is 24.5 Å². The number of amides is 1. The maximum atomic E-state index is 12.3.